The fourth-order valence-electron chi connectivity index (χ4n) is 3.12. The van der Waals surface area contributed by atoms with Crippen LogP contribution >= 0.6 is 15.9 Å². The number of nitrogens with one attached hydrogen (secondary N) is 1. The standard InChI is InChI=1S/C15H21BrN2O2/c1-10-9-15(2,3)7-6-13(10)17-11-4-5-12(16)14(8-11)18(19)20/h4-5,8,10,13,17H,6-7,9H2,1-3H3. The molecule has 1 aliphatic rings. The van der Waals surface area contributed by atoms with Crippen LogP contribution in [-0.4, -0.2) is 11.0 Å². The molecule has 0 bridgehead atoms. The lowest BCUT2D eigenvalue weighted by Gasteiger charge is -2.40. The monoisotopic (exact) mass is 340 g/mol. The summed E-state index contributed by atoms with van der Waals surface area (Å²) in [5, 5.41) is 14.4. The molecule has 0 radical (unpaired) electrons. The maximum atomic E-state index is 11.0. The van der Waals surface area contributed by atoms with Crippen molar-refractivity contribution >= 4 is 27.3 Å². The van der Waals surface area contributed by atoms with Gasteiger partial charge in [0.1, 0.15) is 0 Å². The third-order valence-corrected chi connectivity index (χ3v) is 4.86. The summed E-state index contributed by atoms with van der Waals surface area (Å²) in [5.41, 5.74) is 1.35. The minimum atomic E-state index is -0.358. The quantitative estimate of drug-likeness (QED) is 0.623. The van der Waals surface area contributed by atoms with E-state index in [2.05, 4.69) is 42.0 Å². The van der Waals surface area contributed by atoms with Gasteiger partial charge in [-0.05, 0) is 58.7 Å². The maximum absolute atomic E-state index is 11.0. The number of nitro groups is 1. The Labute approximate surface area is 128 Å². The van der Waals surface area contributed by atoms with E-state index in [0.29, 0.717) is 21.8 Å². The summed E-state index contributed by atoms with van der Waals surface area (Å²) in [4.78, 5) is 10.6. The Hall–Kier alpha value is -1.10. The van der Waals surface area contributed by atoms with Gasteiger partial charge in [-0.2, -0.15) is 0 Å². The third kappa shape index (κ3) is 3.51. The number of anilines is 1. The maximum Gasteiger partial charge on any atom is 0.285 e. The lowest BCUT2D eigenvalue weighted by Crippen LogP contribution is -2.36. The van der Waals surface area contributed by atoms with Crippen LogP contribution in [0.25, 0.3) is 0 Å². The number of nitro benzene ring substituents is 1. The molecule has 2 atom stereocenters. The zero-order valence-electron chi connectivity index (χ0n) is 12.1. The highest BCUT2D eigenvalue weighted by Crippen LogP contribution is 2.40. The smallest absolute Gasteiger partial charge is 0.285 e. The van der Waals surface area contributed by atoms with Crippen LogP contribution in [0.15, 0.2) is 22.7 Å². The topological polar surface area (TPSA) is 55.2 Å². The van der Waals surface area contributed by atoms with Crippen molar-refractivity contribution in [3.8, 4) is 0 Å². The minimum Gasteiger partial charge on any atom is -0.382 e. The molecule has 4 nitrogen and oxygen atoms in total. The van der Waals surface area contributed by atoms with Crippen LogP contribution in [0.2, 0.25) is 0 Å². The van der Waals surface area contributed by atoms with Gasteiger partial charge in [-0.3, -0.25) is 10.1 Å². The van der Waals surface area contributed by atoms with Crippen LogP contribution in [0.5, 0.6) is 0 Å². The molecule has 0 saturated heterocycles. The van der Waals surface area contributed by atoms with Gasteiger partial charge in [-0.25, -0.2) is 0 Å². The molecule has 1 aliphatic carbocycles. The zero-order valence-corrected chi connectivity index (χ0v) is 13.7. The van der Waals surface area contributed by atoms with Crippen LogP contribution < -0.4 is 5.32 Å². The van der Waals surface area contributed by atoms with Crippen molar-refractivity contribution in [2.75, 3.05) is 5.32 Å². The van der Waals surface area contributed by atoms with E-state index in [9.17, 15) is 10.1 Å². The fraction of sp³-hybridized carbons (Fsp3) is 0.600. The van der Waals surface area contributed by atoms with Gasteiger partial charge < -0.3 is 5.32 Å². The highest BCUT2D eigenvalue weighted by atomic mass is 79.9. The summed E-state index contributed by atoms with van der Waals surface area (Å²) in [6, 6.07) is 5.63. The van der Waals surface area contributed by atoms with Gasteiger partial charge >= 0.3 is 0 Å². The number of benzene rings is 1. The van der Waals surface area contributed by atoms with Gasteiger partial charge in [0.15, 0.2) is 0 Å². The molecule has 0 heterocycles. The molecule has 2 rings (SSSR count). The first kappa shape index (κ1) is 15.3. The predicted molar refractivity (Wildman–Crippen MR) is 85.0 cm³/mol. The SMILES string of the molecule is CC1CC(C)(C)CCC1Nc1ccc(Br)c([N+](=O)[O-])c1. The van der Waals surface area contributed by atoms with Crippen molar-refractivity contribution in [3.05, 3.63) is 32.8 Å². The molecule has 1 aromatic rings. The van der Waals surface area contributed by atoms with E-state index < -0.39 is 0 Å². The fourth-order valence-corrected chi connectivity index (χ4v) is 3.51. The van der Waals surface area contributed by atoms with E-state index in [4.69, 9.17) is 0 Å². The Bertz CT molecular complexity index is 517. The molecular formula is C15H21BrN2O2. The summed E-state index contributed by atoms with van der Waals surface area (Å²) < 4.78 is 0.519. The van der Waals surface area contributed by atoms with Crippen molar-refractivity contribution in [1.82, 2.24) is 0 Å². The first-order valence-corrected chi connectivity index (χ1v) is 7.78. The molecule has 0 aromatic heterocycles. The first-order valence-electron chi connectivity index (χ1n) is 6.99. The van der Waals surface area contributed by atoms with Gasteiger partial charge in [0.05, 0.1) is 9.40 Å². The van der Waals surface area contributed by atoms with Crippen LogP contribution in [0.3, 0.4) is 0 Å². The minimum absolute atomic E-state index is 0.110. The molecule has 0 aliphatic heterocycles. The van der Waals surface area contributed by atoms with Gasteiger partial charge in [0, 0.05) is 17.8 Å². The number of hydrogen-bond acceptors (Lipinski definition) is 3. The number of halogens is 1. The average molecular weight is 341 g/mol. The highest BCUT2D eigenvalue weighted by Gasteiger charge is 2.32. The summed E-state index contributed by atoms with van der Waals surface area (Å²) >= 11 is 3.21. The van der Waals surface area contributed by atoms with E-state index in [-0.39, 0.29) is 10.6 Å². The second-order valence-corrected chi connectivity index (χ2v) is 7.41. The zero-order chi connectivity index (χ0) is 14.9. The summed E-state index contributed by atoms with van der Waals surface area (Å²) in [5.74, 6) is 0.571. The van der Waals surface area contributed by atoms with Crippen molar-refractivity contribution in [3.63, 3.8) is 0 Å². The molecule has 20 heavy (non-hydrogen) atoms. The van der Waals surface area contributed by atoms with E-state index in [0.717, 1.165) is 12.1 Å². The van der Waals surface area contributed by atoms with Gasteiger partial charge in [0.2, 0.25) is 0 Å². The second-order valence-electron chi connectivity index (χ2n) is 6.56. The summed E-state index contributed by atoms with van der Waals surface area (Å²) in [7, 11) is 0. The predicted octanol–water partition coefficient (Wildman–Crippen LogP) is 4.98. The third-order valence-electron chi connectivity index (χ3n) is 4.19. The van der Waals surface area contributed by atoms with Crippen LogP contribution in [0.1, 0.15) is 40.0 Å². The Kier molecular flexibility index (Phi) is 4.37. The molecule has 5 heteroatoms. The molecule has 2 unspecified atom stereocenters. The van der Waals surface area contributed by atoms with E-state index in [1.165, 1.54) is 12.8 Å². The highest BCUT2D eigenvalue weighted by molar-refractivity contribution is 9.10. The number of hydrogen-bond donors (Lipinski definition) is 1. The van der Waals surface area contributed by atoms with Crippen LogP contribution in [0.4, 0.5) is 11.4 Å². The first-order chi connectivity index (χ1) is 9.28. The molecule has 1 fully saturated rings. The Morgan fingerprint density at radius 2 is 2.15 bits per heavy atom. The molecule has 1 saturated carbocycles. The molecule has 1 aromatic carbocycles. The van der Waals surface area contributed by atoms with Crippen LogP contribution in [-0.2, 0) is 0 Å². The summed E-state index contributed by atoms with van der Waals surface area (Å²) in [6.07, 6.45) is 3.48. The molecule has 1 N–H and O–H groups in total. The Morgan fingerprint density at radius 3 is 2.75 bits per heavy atom. The van der Waals surface area contributed by atoms with Crippen molar-refractivity contribution in [2.24, 2.45) is 11.3 Å². The normalized spacial score (nSPS) is 25.2. The molecule has 0 spiro atoms. The Balaban J connectivity index is 2.11. The lowest BCUT2D eigenvalue weighted by molar-refractivity contribution is -0.385. The second kappa shape index (κ2) is 5.72. The number of rotatable bonds is 3. The number of nitrogens with zero attached hydrogens (tertiary/aromatic N) is 1. The van der Waals surface area contributed by atoms with Crippen LogP contribution in [0, 0.1) is 21.4 Å². The summed E-state index contributed by atoms with van der Waals surface area (Å²) in [6.45, 7) is 6.88. The van der Waals surface area contributed by atoms with E-state index >= 15 is 0 Å². The average Bonchev–Trinajstić information content (AvgIpc) is 2.34. The molecule has 110 valence electrons. The Morgan fingerprint density at radius 1 is 1.45 bits per heavy atom. The van der Waals surface area contributed by atoms with Crippen molar-refractivity contribution in [2.45, 2.75) is 46.1 Å². The lowest BCUT2D eigenvalue weighted by atomic mass is 9.70. The van der Waals surface area contributed by atoms with Gasteiger partial charge in [-0.1, -0.05) is 20.8 Å². The van der Waals surface area contributed by atoms with E-state index in [1.54, 1.807) is 12.1 Å². The van der Waals surface area contributed by atoms with Crippen molar-refractivity contribution < 1.29 is 4.92 Å². The molecular weight excluding hydrogens is 320 g/mol. The largest absolute Gasteiger partial charge is 0.382 e. The van der Waals surface area contributed by atoms with Gasteiger partial charge in [0.25, 0.3) is 5.69 Å². The van der Waals surface area contributed by atoms with Crippen molar-refractivity contribution in [1.29, 1.82) is 0 Å². The van der Waals surface area contributed by atoms with E-state index in [1.807, 2.05) is 6.07 Å². The molecule has 0 amide bonds. The van der Waals surface area contributed by atoms with Gasteiger partial charge in [-0.15, -0.1) is 0 Å².